The highest BCUT2D eigenvalue weighted by Crippen LogP contribution is 2.19. The van der Waals surface area contributed by atoms with Gasteiger partial charge in [0.15, 0.2) is 0 Å². The number of hydrogen-bond donors (Lipinski definition) is 2. The van der Waals surface area contributed by atoms with E-state index < -0.39 is 24.2 Å². The van der Waals surface area contributed by atoms with Gasteiger partial charge in [0.05, 0.1) is 18.8 Å². The van der Waals surface area contributed by atoms with E-state index in [2.05, 4.69) is 10.4 Å². The fourth-order valence-electron chi connectivity index (χ4n) is 2.97. The van der Waals surface area contributed by atoms with E-state index >= 15 is 0 Å². The zero-order chi connectivity index (χ0) is 23.1. The molecule has 0 radical (unpaired) electrons. The van der Waals surface area contributed by atoms with Crippen LogP contribution in [0.15, 0.2) is 65.7 Å². The Morgan fingerprint density at radius 1 is 1.12 bits per heavy atom. The van der Waals surface area contributed by atoms with E-state index in [1.54, 1.807) is 13.8 Å². The summed E-state index contributed by atoms with van der Waals surface area (Å²) in [4.78, 5) is 29.8. The van der Waals surface area contributed by atoms with E-state index in [0.29, 0.717) is 16.1 Å². The number of nitrogens with zero attached hydrogens (tertiary/aromatic N) is 2. The van der Waals surface area contributed by atoms with Crippen LogP contribution in [0.25, 0.3) is 0 Å². The van der Waals surface area contributed by atoms with Crippen molar-refractivity contribution in [2.24, 2.45) is 4.99 Å². The van der Waals surface area contributed by atoms with Crippen molar-refractivity contribution in [3.8, 4) is 0 Å². The smallest absolute Gasteiger partial charge is 0.426 e. The maximum absolute atomic E-state index is 12.4. The van der Waals surface area contributed by atoms with Crippen molar-refractivity contribution >= 4 is 23.4 Å². The summed E-state index contributed by atoms with van der Waals surface area (Å²) in [6, 6.07) is 17.9. The Kier molecular flexibility index (Phi) is 7.80. The number of thiazole rings is 1. The molecule has 9 heteroatoms. The maximum Gasteiger partial charge on any atom is 0.426 e. The highest BCUT2D eigenvalue weighted by atomic mass is 32.1. The molecule has 0 saturated carbocycles. The van der Waals surface area contributed by atoms with E-state index in [9.17, 15) is 14.7 Å². The summed E-state index contributed by atoms with van der Waals surface area (Å²) in [5, 5.41) is 10.7. The molecule has 8 nitrogen and oxygen atoms in total. The molecule has 168 valence electrons. The van der Waals surface area contributed by atoms with Crippen LogP contribution in [0.5, 0.6) is 0 Å². The van der Waals surface area contributed by atoms with Gasteiger partial charge in [0.1, 0.15) is 17.6 Å². The Balaban J connectivity index is 1.87. The topological polar surface area (TPSA) is 102 Å². The van der Waals surface area contributed by atoms with Crippen LogP contribution in [-0.4, -0.2) is 35.0 Å². The number of rotatable bonds is 7. The summed E-state index contributed by atoms with van der Waals surface area (Å²) in [5.41, 5.74) is 4.62. The highest BCUT2D eigenvalue weighted by molar-refractivity contribution is 7.11. The number of aliphatic hydroxyl groups excluding tert-OH is 1. The molecule has 0 fully saturated rings. The minimum absolute atomic E-state index is 0.0931. The van der Waals surface area contributed by atoms with Crippen LogP contribution in [0.4, 0.5) is 4.79 Å². The van der Waals surface area contributed by atoms with E-state index in [0.717, 1.165) is 16.9 Å². The second-order valence-corrected chi connectivity index (χ2v) is 8.00. The van der Waals surface area contributed by atoms with Crippen molar-refractivity contribution < 1.29 is 24.2 Å². The van der Waals surface area contributed by atoms with Crippen molar-refractivity contribution in [1.82, 2.24) is 4.68 Å². The monoisotopic (exact) mass is 455 g/mol. The average molecular weight is 456 g/mol. The molecule has 0 unspecified atom stereocenters. The molecule has 2 aromatic carbocycles. The SMILES string of the molecule is COC(=O)c1sc(=N[C@H](C)[C@@H](O)c2ccccc2)n(NC(=O)OCc2ccccc2)c1C. The molecule has 0 aliphatic carbocycles. The number of nitrogens with one attached hydrogen (secondary N) is 1. The second-order valence-electron chi connectivity index (χ2n) is 7.02. The fraction of sp³-hybridized carbons (Fsp3) is 0.261. The molecule has 2 atom stereocenters. The predicted octanol–water partition coefficient (Wildman–Crippen LogP) is 3.55. The molecular weight excluding hydrogens is 430 g/mol. The third-order valence-corrected chi connectivity index (χ3v) is 5.88. The molecule has 1 heterocycles. The number of esters is 1. The summed E-state index contributed by atoms with van der Waals surface area (Å²) >= 11 is 1.06. The van der Waals surface area contributed by atoms with Crippen LogP contribution in [0.1, 0.15) is 39.5 Å². The van der Waals surface area contributed by atoms with Gasteiger partial charge in [-0.15, -0.1) is 0 Å². The van der Waals surface area contributed by atoms with E-state index in [1.807, 2.05) is 60.7 Å². The maximum atomic E-state index is 12.4. The first kappa shape index (κ1) is 23.2. The Hall–Kier alpha value is -3.43. The number of aromatic nitrogens is 1. The first-order valence-corrected chi connectivity index (χ1v) is 10.8. The van der Waals surface area contributed by atoms with Gasteiger partial charge in [0.2, 0.25) is 4.80 Å². The van der Waals surface area contributed by atoms with Crippen LogP contribution < -0.4 is 10.2 Å². The molecule has 3 rings (SSSR count). The Morgan fingerprint density at radius 3 is 2.38 bits per heavy atom. The molecular formula is C23H25N3O5S. The van der Waals surface area contributed by atoms with Gasteiger partial charge < -0.3 is 14.6 Å². The van der Waals surface area contributed by atoms with Gasteiger partial charge in [0, 0.05) is 0 Å². The Bertz CT molecular complexity index is 1130. The van der Waals surface area contributed by atoms with Crippen molar-refractivity contribution in [2.45, 2.75) is 32.6 Å². The summed E-state index contributed by atoms with van der Waals surface area (Å²) in [6.45, 7) is 3.51. The van der Waals surface area contributed by atoms with E-state index in [4.69, 9.17) is 9.47 Å². The van der Waals surface area contributed by atoms with Crippen molar-refractivity contribution in [3.63, 3.8) is 0 Å². The molecule has 32 heavy (non-hydrogen) atoms. The summed E-state index contributed by atoms with van der Waals surface area (Å²) < 4.78 is 11.5. The van der Waals surface area contributed by atoms with Crippen LogP contribution in [0.2, 0.25) is 0 Å². The molecule has 0 aliphatic rings. The number of hydrogen-bond acceptors (Lipinski definition) is 7. The lowest BCUT2D eigenvalue weighted by molar-refractivity contribution is 0.0604. The third kappa shape index (κ3) is 5.63. The van der Waals surface area contributed by atoms with Gasteiger partial charge in [-0.2, -0.15) is 0 Å². The average Bonchev–Trinajstić information content (AvgIpc) is 3.12. The Labute approximate surface area is 189 Å². The number of amides is 1. The number of benzene rings is 2. The molecule has 3 aromatic rings. The van der Waals surface area contributed by atoms with Crippen molar-refractivity contribution in [1.29, 1.82) is 0 Å². The predicted molar refractivity (Wildman–Crippen MR) is 121 cm³/mol. The van der Waals surface area contributed by atoms with Gasteiger partial charge in [-0.05, 0) is 25.0 Å². The largest absolute Gasteiger partial charge is 0.465 e. The summed E-state index contributed by atoms with van der Waals surface area (Å²) in [5.74, 6) is -0.543. The van der Waals surface area contributed by atoms with Crippen molar-refractivity contribution in [3.05, 3.63) is 87.2 Å². The summed E-state index contributed by atoms with van der Waals surface area (Å²) in [6.07, 6.45) is -1.57. The normalized spacial score (nSPS) is 13.3. The highest BCUT2D eigenvalue weighted by Gasteiger charge is 2.21. The van der Waals surface area contributed by atoms with Crippen LogP contribution in [0, 0.1) is 6.92 Å². The first-order chi connectivity index (χ1) is 15.4. The van der Waals surface area contributed by atoms with Gasteiger partial charge in [-0.3, -0.25) is 4.99 Å². The van der Waals surface area contributed by atoms with Gasteiger partial charge >= 0.3 is 12.1 Å². The number of methoxy groups -OCH3 is 1. The van der Waals surface area contributed by atoms with Crippen LogP contribution in [0.3, 0.4) is 0 Å². The zero-order valence-electron chi connectivity index (χ0n) is 18.0. The van der Waals surface area contributed by atoms with Crippen molar-refractivity contribution in [2.75, 3.05) is 12.5 Å². The molecule has 2 N–H and O–H groups in total. The zero-order valence-corrected chi connectivity index (χ0v) is 18.8. The van der Waals surface area contributed by atoms with Gasteiger partial charge in [-0.25, -0.2) is 19.7 Å². The lowest BCUT2D eigenvalue weighted by Crippen LogP contribution is -2.33. The Morgan fingerprint density at radius 2 is 1.75 bits per heavy atom. The lowest BCUT2D eigenvalue weighted by atomic mass is 10.0. The van der Waals surface area contributed by atoms with Crippen LogP contribution >= 0.6 is 11.3 Å². The molecule has 1 amide bonds. The molecule has 1 aromatic heterocycles. The first-order valence-electron chi connectivity index (χ1n) is 9.96. The van der Waals surface area contributed by atoms with Crippen LogP contribution in [-0.2, 0) is 16.1 Å². The second kappa shape index (κ2) is 10.7. The van der Waals surface area contributed by atoms with E-state index in [1.165, 1.54) is 11.8 Å². The van der Waals surface area contributed by atoms with Gasteiger partial charge in [0.25, 0.3) is 0 Å². The minimum Gasteiger partial charge on any atom is -0.465 e. The van der Waals surface area contributed by atoms with Gasteiger partial charge in [-0.1, -0.05) is 72.0 Å². The lowest BCUT2D eigenvalue weighted by Gasteiger charge is -2.15. The number of aliphatic hydroxyl groups is 1. The summed E-state index contributed by atoms with van der Waals surface area (Å²) in [7, 11) is 1.28. The standard InChI is InChI=1S/C23H25N3O5S/c1-15(19(27)18-12-8-5-9-13-18)24-22-26(16(2)20(32-22)21(28)30-3)25-23(29)31-14-17-10-6-4-7-11-17/h4-13,15,19,27H,14H2,1-3H3,(H,25,29)/t15-,19-/m1/s1. The molecule has 0 saturated heterocycles. The minimum atomic E-state index is -0.862. The molecule has 0 aliphatic heterocycles. The third-order valence-electron chi connectivity index (χ3n) is 4.75. The fourth-order valence-corrected chi connectivity index (χ4v) is 4.05. The quantitative estimate of drug-likeness (QED) is 0.531. The number of ether oxygens (including phenoxy) is 2. The van der Waals surface area contributed by atoms with E-state index in [-0.39, 0.29) is 11.5 Å². The molecule has 0 bridgehead atoms. The number of carbonyl (C=O) groups excluding carboxylic acids is 2. The number of carbonyl (C=O) groups is 2. The molecule has 0 spiro atoms.